The average molecular weight is 406 g/mol. The highest BCUT2D eigenvalue weighted by molar-refractivity contribution is 8.04. The van der Waals surface area contributed by atoms with Gasteiger partial charge in [-0.15, -0.1) is 0 Å². The van der Waals surface area contributed by atoms with Crippen LogP contribution in [0.25, 0.3) is 0 Å². The highest BCUT2D eigenvalue weighted by Gasteiger charge is 2.10. The minimum Gasteiger partial charge on any atom is -0.297 e. The number of hydrogen-bond acceptors (Lipinski definition) is 4. The average Bonchev–Trinajstić information content (AvgIpc) is 2.67. The fraction of sp³-hybridized carbons (Fsp3) is 0.167. The molecule has 0 heterocycles. The van der Waals surface area contributed by atoms with Crippen LogP contribution in [0.15, 0.2) is 104 Å². The van der Waals surface area contributed by atoms with Crippen molar-refractivity contribution in [3.05, 3.63) is 94.3 Å². The van der Waals surface area contributed by atoms with Crippen LogP contribution in [0.2, 0.25) is 0 Å². The molecular weight excluding hydrogens is 382 g/mol. The number of hydrogen-bond donors (Lipinski definition) is 0. The first kappa shape index (κ1) is 21.8. The van der Waals surface area contributed by atoms with E-state index in [1.165, 1.54) is 11.8 Å². The van der Waals surface area contributed by atoms with Crippen molar-refractivity contribution in [3.8, 4) is 6.07 Å². The largest absolute Gasteiger partial charge is 0.297 e. The Kier molecular flexibility index (Phi) is 8.38. The summed E-state index contributed by atoms with van der Waals surface area (Å²) in [5, 5.41) is 9.63. The van der Waals surface area contributed by atoms with Gasteiger partial charge in [-0.25, -0.2) is 0 Å². The van der Waals surface area contributed by atoms with Crippen LogP contribution in [-0.4, -0.2) is 6.29 Å². The van der Waals surface area contributed by atoms with Crippen LogP contribution in [0.1, 0.15) is 20.8 Å². The Morgan fingerprint density at radius 2 is 1.36 bits per heavy atom. The van der Waals surface area contributed by atoms with E-state index >= 15 is 0 Å². The Labute approximate surface area is 176 Å². The van der Waals surface area contributed by atoms with Crippen molar-refractivity contribution in [1.82, 2.24) is 0 Å². The summed E-state index contributed by atoms with van der Waals surface area (Å²) >= 11 is 2.96. The smallest absolute Gasteiger partial charge is 0.156 e. The lowest BCUT2D eigenvalue weighted by Gasteiger charge is -2.14. The van der Waals surface area contributed by atoms with Gasteiger partial charge in [0.1, 0.15) is 0 Å². The maximum Gasteiger partial charge on any atom is 0.156 e. The molecule has 0 saturated heterocycles. The molecule has 2 aromatic rings. The summed E-state index contributed by atoms with van der Waals surface area (Å²) in [5.74, 6) is 0. The van der Waals surface area contributed by atoms with Crippen LogP contribution in [0.4, 0.5) is 0 Å². The number of aldehydes is 1. The highest BCUT2D eigenvalue weighted by atomic mass is 32.2. The summed E-state index contributed by atoms with van der Waals surface area (Å²) in [7, 11) is 0. The second-order valence-electron chi connectivity index (χ2n) is 7.12. The monoisotopic (exact) mass is 405 g/mol. The number of carbonyl (C=O) groups excluding carboxylic acids is 1. The molecule has 0 radical (unpaired) electrons. The van der Waals surface area contributed by atoms with Crippen LogP contribution in [-0.2, 0) is 4.79 Å². The Morgan fingerprint density at radius 1 is 0.857 bits per heavy atom. The number of nitriles is 1. The van der Waals surface area contributed by atoms with Gasteiger partial charge in [-0.2, -0.15) is 5.26 Å². The van der Waals surface area contributed by atoms with Gasteiger partial charge in [-0.1, -0.05) is 86.8 Å². The second kappa shape index (κ2) is 10.8. The van der Waals surface area contributed by atoms with Gasteiger partial charge in [0.15, 0.2) is 6.29 Å². The first-order valence-electron chi connectivity index (χ1n) is 8.87. The molecular formula is C24H23NOS2. The molecule has 0 bridgehead atoms. The molecule has 0 spiro atoms. The van der Waals surface area contributed by atoms with Gasteiger partial charge in [-0.05, 0) is 41.8 Å². The molecule has 0 amide bonds. The molecule has 2 rings (SSSR count). The Hall–Kier alpha value is -2.48. The van der Waals surface area contributed by atoms with Gasteiger partial charge in [0.2, 0.25) is 0 Å². The van der Waals surface area contributed by atoms with Gasteiger partial charge in [0.05, 0.1) is 16.5 Å². The zero-order valence-electron chi connectivity index (χ0n) is 16.3. The van der Waals surface area contributed by atoms with E-state index in [1.54, 1.807) is 17.8 Å². The van der Waals surface area contributed by atoms with E-state index in [9.17, 15) is 10.1 Å². The molecule has 0 N–H and O–H groups in total. The summed E-state index contributed by atoms with van der Waals surface area (Å²) in [6.07, 6.45) is 6.42. The molecule has 0 saturated carbocycles. The van der Waals surface area contributed by atoms with Crippen molar-refractivity contribution in [2.45, 2.75) is 30.6 Å². The van der Waals surface area contributed by atoms with Gasteiger partial charge >= 0.3 is 0 Å². The van der Waals surface area contributed by atoms with E-state index in [-0.39, 0.29) is 5.41 Å². The molecule has 142 valence electrons. The third kappa shape index (κ3) is 8.04. The third-order valence-electron chi connectivity index (χ3n) is 3.37. The lowest BCUT2D eigenvalue weighted by atomic mass is 9.96. The van der Waals surface area contributed by atoms with E-state index in [0.717, 1.165) is 21.0 Å². The van der Waals surface area contributed by atoms with Crippen LogP contribution in [0.3, 0.4) is 0 Å². The van der Waals surface area contributed by atoms with Gasteiger partial charge < -0.3 is 0 Å². The molecule has 0 atom stereocenters. The van der Waals surface area contributed by atoms with Crippen molar-refractivity contribution in [1.29, 1.82) is 5.26 Å². The van der Waals surface area contributed by atoms with Gasteiger partial charge in [-0.3, -0.25) is 4.79 Å². The van der Waals surface area contributed by atoms with Crippen molar-refractivity contribution < 1.29 is 4.79 Å². The number of thioether (sulfide) groups is 2. The Balaban J connectivity index is 2.34. The lowest BCUT2D eigenvalue weighted by Crippen LogP contribution is -2.00. The molecule has 28 heavy (non-hydrogen) atoms. The van der Waals surface area contributed by atoms with Crippen LogP contribution < -0.4 is 0 Å². The Bertz CT molecular complexity index is 915. The highest BCUT2D eigenvalue weighted by Crippen LogP contribution is 2.33. The van der Waals surface area contributed by atoms with Crippen LogP contribution >= 0.6 is 23.5 Å². The van der Waals surface area contributed by atoms with Gasteiger partial charge in [0, 0.05) is 14.7 Å². The predicted molar refractivity (Wildman–Crippen MR) is 120 cm³/mol. The molecule has 0 aliphatic carbocycles. The van der Waals surface area contributed by atoms with E-state index < -0.39 is 0 Å². The SMILES string of the molecule is CC(C)(C)/C=C(/C=C(C#N)/C=C(/C=O)Sc1ccccc1)Sc1ccccc1. The van der Waals surface area contributed by atoms with Crippen molar-refractivity contribution in [3.63, 3.8) is 0 Å². The van der Waals surface area contributed by atoms with Crippen molar-refractivity contribution in [2.24, 2.45) is 5.41 Å². The van der Waals surface area contributed by atoms with E-state index in [2.05, 4.69) is 32.9 Å². The van der Waals surface area contributed by atoms with Crippen LogP contribution in [0, 0.1) is 16.7 Å². The first-order chi connectivity index (χ1) is 13.4. The molecule has 2 aromatic carbocycles. The number of benzene rings is 2. The zero-order valence-corrected chi connectivity index (χ0v) is 17.9. The minimum absolute atomic E-state index is 0.0375. The van der Waals surface area contributed by atoms with E-state index in [4.69, 9.17) is 0 Å². The maximum absolute atomic E-state index is 11.5. The molecule has 0 aliphatic heterocycles. The third-order valence-corrected chi connectivity index (χ3v) is 5.31. The topological polar surface area (TPSA) is 40.9 Å². The fourth-order valence-corrected chi connectivity index (χ4v) is 4.24. The zero-order chi connectivity index (χ0) is 20.4. The number of rotatable bonds is 7. The summed E-state index contributed by atoms with van der Waals surface area (Å²) in [6, 6.07) is 21.9. The first-order valence-corrected chi connectivity index (χ1v) is 10.5. The number of carbonyl (C=O) groups is 1. The Morgan fingerprint density at radius 3 is 1.79 bits per heavy atom. The molecule has 0 fully saturated rings. The second-order valence-corrected chi connectivity index (χ2v) is 9.41. The summed E-state index contributed by atoms with van der Waals surface area (Å²) in [5.41, 5.74) is 0.411. The lowest BCUT2D eigenvalue weighted by molar-refractivity contribution is -0.104. The van der Waals surface area contributed by atoms with E-state index in [0.29, 0.717) is 10.5 Å². The van der Waals surface area contributed by atoms with Crippen molar-refractivity contribution >= 4 is 29.8 Å². The molecule has 0 unspecified atom stereocenters. The van der Waals surface area contributed by atoms with Gasteiger partial charge in [0.25, 0.3) is 0 Å². The normalized spacial score (nSPS) is 13.1. The number of nitrogens with zero attached hydrogens (tertiary/aromatic N) is 1. The van der Waals surface area contributed by atoms with Crippen LogP contribution in [0.5, 0.6) is 0 Å². The molecule has 0 aliphatic rings. The fourth-order valence-electron chi connectivity index (χ4n) is 2.28. The summed E-state index contributed by atoms with van der Waals surface area (Å²) in [4.78, 5) is 15.1. The minimum atomic E-state index is -0.0375. The predicted octanol–water partition coefficient (Wildman–Crippen LogP) is 7.03. The molecule has 2 nitrogen and oxygen atoms in total. The summed E-state index contributed by atoms with van der Waals surface area (Å²) in [6.45, 7) is 6.36. The standard InChI is InChI=1S/C24H23NOS2/c1-24(2,3)16-22(27-20-10-6-4-7-11-20)14-19(17-25)15-23(18-26)28-21-12-8-5-9-13-21/h4-16,18H,1-3H3/b19-14-,22-16-,23-15-. The maximum atomic E-state index is 11.5. The van der Waals surface area contributed by atoms with Crippen molar-refractivity contribution in [2.75, 3.05) is 0 Å². The molecule has 0 aromatic heterocycles. The quantitative estimate of drug-likeness (QED) is 0.163. The summed E-state index contributed by atoms with van der Waals surface area (Å²) < 4.78 is 0. The van der Waals surface area contributed by atoms with E-state index in [1.807, 2.05) is 66.7 Å². The number of allylic oxidation sites excluding steroid dienone is 5. The molecule has 4 heteroatoms.